The lowest BCUT2D eigenvalue weighted by Gasteiger charge is -2.13. The highest BCUT2D eigenvalue weighted by Crippen LogP contribution is 2.32. The van der Waals surface area contributed by atoms with Gasteiger partial charge in [-0.2, -0.15) is 0 Å². The van der Waals surface area contributed by atoms with Crippen molar-refractivity contribution in [3.63, 3.8) is 0 Å². The SMILES string of the molecule is O=C(O)c1c(-c2ccccc2)c2cc(Cl)ccc2n(Cl)c1=O. The van der Waals surface area contributed by atoms with E-state index in [0.29, 0.717) is 27.1 Å². The van der Waals surface area contributed by atoms with Crippen molar-refractivity contribution in [2.24, 2.45) is 0 Å². The third-order valence-corrected chi connectivity index (χ3v) is 3.93. The van der Waals surface area contributed by atoms with Crippen molar-refractivity contribution in [3.8, 4) is 11.1 Å². The van der Waals surface area contributed by atoms with Crippen LogP contribution in [0.3, 0.4) is 0 Å². The van der Waals surface area contributed by atoms with Gasteiger partial charge in [-0.05, 0) is 23.8 Å². The summed E-state index contributed by atoms with van der Waals surface area (Å²) in [7, 11) is 0. The molecule has 1 heterocycles. The van der Waals surface area contributed by atoms with Gasteiger partial charge < -0.3 is 5.11 Å². The lowest BCUT2D eigenvalue weighted by molar-refractivity contribution is 0.0696. The molecule has 0 saturated heterocycles. The zero-order valence-electron chi connectivity index (χ0n) is 11.1. The molecule has 6 heteroatoms. The second-order valence-electron chi connectivity index (χ2n) is 4.67. The van der Waals surface area contributed by atoms with E-state index in [2.05, 4.69) is 0 Å². The highest BCUT2D eigenvalue weighted by Gasteiger charge is 2.22. The summed E-state index contributed by atoms with van der Waals surface area (Å²) in [5.41, 5.74) is 0.174. The average Bonchev–Trinajstić information content (AvgIpc) is 2.51. The topological polar surface area (TPSA) is 59.3 Å². The first-order chi connectivity index (χ1) is 10.5. The molecule has 0 aliphatic heterocycles. The molecule has 0 aliphatic rings. The lowest BCUT2D eigenvalue weighted by atomic mass is 9.96. The average molecular weight is 334 g/mol. The number of hydrogen-bond donors (Lipinski definition) is 1. The quantitative estimate of drug-likeness (QED) is 0.770. The molecule has 0 spiro atoms. The van der Waals surface area contributed by atoms with Crippen LogP contribution in [0, 0.1) is 0 Å². The summed E-state index contributed by atoms with van der Waals surface area (Å²) >= 11 is 12.0. The van der Waals surface area contributed by atoms with E-state index < -0.39 is 11.5 Å². The largest absolute Gasteiger partial charge is 0.477 e. The number of benzene rings is 2. The van der Waals surface area contributed by atoms with Crippen molar-refractivity contribution >= 4 is 40.2 Å². The summed E-state index contributed by atoms with van der Waals surface area (Å²) in [5, 5.41) is 10.4. The molecule has 0 atom stereocenters. The number of carbonyl (C=O) groups is 1. The van der Waals surface area contributed by atoms with Gasteiger partial charge in [0.25, 0.3) is 5.56 Å². The number of carboxylic acid groups (broad SMARTS) is 1. The van der Waals surface area contributed by atoms with Gasteiger partial charge in [-0.1, -0.05) is 41.9 Å². The Bertz CT molecular complexity index is 949. The Hall–Kier alpha value is -2.30. The molecule has 0 unspecified atom stereocenters. The van der Waals surface area contributed by atoms with Gasteiger partial charge in [0.05, 0.1) is 5.52 Å². The van der Waals surface area contributed by atoms with E-state index in [0.717, 1.165) is 4.09 Å². The highest BCUT2D eigenvalue weighted by molar-refractivity contribution is 6.32. The summed E-state index contributed by atoms with van der Waals surface area (Å²) in [4.78, 5) is 23.9. The molecule has 0 bridgehead atoms. The third kappa shape index (κ3) is 2.26. The minimum absolute atomic E-state index is 0.313. The number of carboxylic acids is 1. The smallest absolute Gasteiger partial charge is 0.342 e. The van der Waals surface area contributed by atoms with Crippen LogP contribution < -0.4 is 5.56 Å². The minimum Gasteiger partial charge on any atom is -0.477 e. The van der Waals surface area contributed by atoms with Gasteiger partial charge in [0, 0.05) is 27.7 Å². The molecule has 2 aromatic carbocycles. The fourth-order valence-corrected chi connectivity index (χ4v) is 2.84. The molecular weight excluding hydrogens is 325 g/mol. The van der Waals surface area contributed by atoms with Crippen LogP contribution in [0.25, 0.3) is 22.0 Å². The van der Waals surface area contributed by atoms with Crippen LogP contribution in [-0.4, -0.2) is 15.2 Å². The van der Waals surface area contributed by atoms with E-state index in [1.807, 2.05) is 6.07 Å². The fourth-order valence-electron chi connectivity index (χ4n) is 2.43. The zero-order chi connectivity index (χ0) is 15.9. The maximum Gasteiger partial charge on any atom is 0.342 e. The number of halogens is 2. The standard InChI is InChI=1S/C16H9Cl2NO3/c17-10-6-7-12-11(8-10)13(9-4-2-1-3-5-9)14(16(21)22)15(20)19(12)18/h1-8H,(H,21,22). The Morgan fingerprint density at radius 2 is 1.77 bits per heavy atom. The predicted octanol–water partition coefficient (Wildman–Crippen LogP) is 4.02. The van der Waals surface area contributed by atoms with Crippen molar-refractivity contribution in [2.75, 3.05) is 0 Å². The Morgan fingerprint density at radius 1 is 1.09 bits per heavy atom. The van der Waals surface area contributed by atoms with Crippen LogP contribution in [-0.2, 0) is 0 Å². The minimum atomic E-state index is -1.33. The fraction of sp³-hybridized carbons (Fsp3) is 0. The molecule has 3 rings (SSSR count). The van der Waals surface area contributed by atoms with Gasteiger partial charge in [0.1, 0.15) is 5.56 Å². The van der Waals surface area contributed by atoms with Crippen LogP contribution in [0.2, 0.25) is 5.02 Å². The van der Waals surface area contributed by atoms with Crippen LogP contribution in [0.15, 0.2) is 53.3 Å². The summed E-state index contributed by atoms with van der Waals surface area (Å²) in [6.45, 7) is 0. The van der Waals surface area contributed by atoms with E-state index in [1.165, 1.54) is 0 Å². The van der Waals surface area contributed by atoms with Crippen LogP contribution in [0.4, 0.5) is 0 Å². The molecule has 0 aliphatic carbocycles. The summed E-state index contributed by atoms with van der Waals surface area (Å²) in [6, 6.07) is 13.6. The van der Waals surface area contributed by atoms with E-state index in [4.69, 9.17) is 23.4 Å². The number of hydrogen-bond acceptors (Lipinski definition) is 2. The summed E-state index contributed by atoms with van der Waals surface area (Å²) < 4.78 is 0.807. The Balaban J connectivity index is 2.59. The molecule has 22 heavy (non-hydrogen) atoms. The molecule has 110 valence electrons. The summed E-state index contributed by atoms with van der Waals surface area (Å²) in [6.07, 6.45) is 0. The van der Waals surface area contributed by atoms with Gasteiger partial charge in [0.15, 0.2) is 0 Å². The normalized spacial score (nSPS) is 10.8. The molecule has 4 nitrogen and oxygen atoms in total. The number of nitrogens with zero attached hydrogens (tertiary/aromatic N) is 1. The third-order valence-electron chi connectivity index (χ3n) is 3.36. The number of pyridine rings is 1. The second-order valence-corrected chi connectivity index (χ2v) is 5.44. The summed E-state index contributed by atoms with van der Waals surface area (Å²) in [5.74, 6) is -1.33. The first-order valence-electron chi connectivity index (χ1n) is 6.34. The van der Waals surface area contributed by atoms with Gasteiger partial charge in [-0.15, -0.1) is 0 Å². The number of aromatic nitrogens is 1. The molecule has 3 aromatic rings. The van der Waals surface area contributed by atoms with Crippen molar-refractivity contribution in [2.45, 2.75) is 0 Å². The Morgan fingerprint density at radius 3 is 2.41 bits per heavy atom. The molecule has 1 aromatic heterocycles. The van der Waals surface area contributed by atoms with Gasteiger partial charge in [-0.25, -0.2) is 8.88 Å². The number of aromatic carboxylic acids is 1. The van der Waals surface area contributed by atoms with Gasteiger partial charge >= 0.3 is 5.97 Å². The molecule has 1 N–H and O–H groups in total. The Labute approximate surface area is 135 Å². The van der Waals surface area contributed by atoms with Gasteiger partial charge in [-0.3, -0.25) is 4.79 Å². The maximum absolute atomic E-state index is 12.3. The maximum atomic E-state index is 12.3. The molecular formula is C16H9Cl2NO3. The van der Waals surface area contributed by atoms with Crippen molar-refractivity contribution in [1.82, 2.24) is 4.09 Å². The first kappa shape index (κ1) is 14.6. The van der Waals surface area contributed by atoms with E-state index in [-0.39, 0.29) is 5.56 Å². The second kappa shape index (κ2) is 5.48. The van der Waals surface area contributed by atoms with E-state index in [9.17, 15) is 14.7 Å². The predicted molar refractivity (Wildman–Crippen MR) is 86.9 cm³/mol. The van der Waals surface area contributed by atoms with Crippen LogP contribution in [0.1, 0.15) is 10.4 Å². The molecule has 0 radical (unpaired) electrons. The molecule has 0 amide bonds. The number of fused-ring (bicyclic) bond motifs is 1. The Kier molecular flexibility index (Phi) is 3.64. The van der Waals surface area contributed by atoms with Gasteiger partial charge in [0.2, 0.25) is 0 Å². The monoisotopic (exact) mass is 333 g/mol. The van der Waals surface area contributed by atoms with Crippen molar-refractivity contribution < 1.29 is 9.90 Å². The van der Waals surface area contributed by atoms with Crippen LogP contribution >= 0.6 is 23.4 Å². The highest BCUT2D eigenvalue weighted by atomic mass is 35.5. The van der Waals surface area contributed by atoms with E-state index in [1.54, 1.807) is 42.5 Å². The van der Waals surface area contributed by atoms with Crippen molar-refractivity contribution in [3.05, 3.63) is 69.5 Å². The zero-order valence-corrected chi connectivity index (χ0v) is 12.6. The lowest BCUT2D eigenvalue weighted by Crippen LogP contribution is -2.23. The first-order valence-corrected chi connectivity index (χ1v) is 7.05. The van der Waals surface area contributed by atoms with E-state index >= 15 is 0 Å². The molecule has 0 saturated carbocycles. The van der Waals surface area contributed by atoms with Crippen molar-refractivity contribution in [1.29, 1.82) is 0 Å². The number of rotatable bonds is 2. The van der Waals surface area contributed by atoms with Crippen LogP contribution in [0.5, 0.6) is 0 Å². The molecule has 0 fully saturated rings.